The maximum absolute atomic E-state index is 5.62. The summed E-state index contributed by atoms with van der Waals surface area (Å²) in [5, 5.41) is 4.34. The van der Waals surface area contributed by atoms with Crippen LogP contribution in [0.2, 0.25) is 0 Å². The van der Waals surface area contributed by atoms with Crippen LogP contribution in [0.25, 0.3) is 11.4 Å². The van der Waals surface area contributed by atoms with E-state index in [1.807, 2.05) is 31.3 Å². The van der Waals surface area contributed by atoms with Crippen LogP contribution in [0.4, 0.5) is 0 Å². The molecule has 0 atom stereocenters. The van der Waals surface area contributed by atoms with Gasteiger partial charge < -0.3 is 10.5 Å². The Morgan fingerprint density at radius 1 is 1.26 bits per heavy atom. The number of benzene rings is 1. The molecule has 0 aliphatic heterocycles. The zero-order chi connectivity index (χ0) is 13.7. The first-order valence-corrected chi connectivity index (χ1v) is 6.57. The van der Waals surface area contributed by atoms with Gasteiger partial charge in [0.25, 0.3) is 0 Å². The Hall–Kier alpha value is -1.88. The number of hydrogen-bond acceptors (Lipinski definition) is 4. The maximum Gasteiger partial charge on any atom is 0.181 e. The smallest absolute Gasteiger partial charge is 0.181 e. The van der Waals surface area contributed by atoms with Gasteiger partial charge in [-0.15, -0.1) is 0 Å². The molecule has 0 saturated heterocycles. The fourth-order valence-electron chi connectivity index (χ4n) is 1.75. The fourth-order valence-corrected chi connectivity index (χ4v) is 1.75. The molecule has 0 bridgehead atoms. The molecule has 5 nitrogen and oxygen atoms in total. The van der Waals surface area contributed by atoms with Crippen molar-refractivity contribution in [2.24, 2.45) is 12.8 Å². The second-order valence-corrected chi connectivity index (χ2v) is 4.41. The second-order valence-electron chi connectivity index (χ2n) is 4.41. The lowest BCUT2D eigenvalue weighted by molar-refractivity contribution is 0.309. The van der Waals surface area contributed by atoms with Crippen molar-refractivity contribution in [3.8, 4) is 17.1 Å². The zero-order valence-electron chi connectivity index (χ0n) is 11.5. The molecule has 2 rings (SSSR count). The monoisotopic (exact) mass is 260 g/mol. The molecule has 1 aromatic heterocycles. The van der Waals surface area contributed by atoms with Crippen LogP contribution in [-0.2, 0) is 13.6 Å². The quantitative estimate of drug-likeness (QED) is 0.808. The molecule has 0 fully saturated rings. The van der Waals surface area contributed by atoms with Crippen molar-refractivity contribution < 1.29 is 4.74 Å². The van der Waals surface area contributed by atoms with Gasteiger partial charge in [0.15, 0.2) is 5.82 Å². The molecule has 1 heterocycles. The van der Waals surface area contributed by atoms with Gasteiger partial charge in [0.2, 0.25) is 0 Å². The van der Waals surface area contributed by atoms with Crippen LogP contribution in [0, 0.1) is 0 Å². The van der Waals surface area contributed by atoms with Crippen molar-refractivity contribution >= 4 is 0 Å². The second kappa shape index (κ2) is 6.33. The topological polar surface area (TPSA) is 66.0 Å². The van der Waals surface area contributed by atoms with Gasteiger partial charge in [0.1, 0.15) is 11.6 Å². The summed E-state index contributed by atoms with van der Waals surface area (Å²) in [7, 11) is 1.85. The molecule has 0 saturated carbocycles. The van der Waals surface area contributed by atoms with Crippen LogP contribution in [0.15, 0.2) is 24.3 Å². The molecule has 0 spiro atoms. The van der Waals surface area contributed by atoms with E-state index in [0.29, 0.717) is 12.4 Å². The normalized spacial score (nSPS) is 10.7. The van der Waals surface area contributed by atoms with Crippen LogP contribution in [0.3, 0.4) is 0 Å². The van der Waals surface area contributed by atoms with Crippen molar-refractivity contribution in [1.29, 1.82) is 0 Å². The van der Waals surface area contributed by atoms with Gasteiger partial charge in [-0.3, -0.25) is 4.68 Å². The molecule has 19 heavy (non-hydrogen) atoms. The predicted octanol–water partition coefficient (Wildman–Crippen LogP) is 2.12. The number of unbranched alkanes of at least 4 members (excludes halogenated alkanes) is 1. The Balaban J connectivity index is 2.08. The summed E-state index contributed by atoms with van der Waals surface area (Å²) < 4.78 is 7.33. The van der Waals surface area contributed by atoms with Crippen molar-refractivity contribution in [3.05, 3.63) is 30.1 Å². The third-order valence-corrected chi connectivity index (χ3v) is 2.91. The maximum atomic E-state index is 5.62. The highest BCUT2D eigenvalue weighted by atomic mass is 16.5. The number of aryl methyl sites for hydroxylation is 1. The third kappa shape index (κ3) is 3.32. The van der Waals surface area contributed by atoms with Gasteiger partial charge in [-0.1, -0.05) is 13.3 Å². The Morgan fingerprint density at radius 2 is 2.00 bits per heavy atom. The first-order chi connectivity index (χ1) is 9.24. The summed E-state index contributed by atoms with van der Waals surface area (Å²) in [6, 6.07) is 7.83. The summed E-state index contributed by atoms with van der Waals surface area (Å²) in [4.78, 5) is 4.39. The molecule has 0 radical (unpaired) electrons. The van der Waals surface area contributed by atoms with Crippen molar-refractivity contribution in [2.45, 2.75) is 26.3 Å². The standard InChI is InChI=1S/C14H20N4O/c1-3-4-9-19-12-7-5-11(6-8-12)14-16-13(10-15)18(2)17-14/h5-8H,3-4,9-10,15H2,1-2H3. The molecular formula is C14H20N4O. The van der Waals surface area contributed by atoms with Crippen LogP contribution in [0.5, 0.6) is 5.75 Å². The van der Waals surface area contributed by atoms with Gasteiger partial charge in [0, 0.05) is 12.6 Å². The lowest BCUT2D eigenvalue weighted by Crippen LogP contribution is -2.05. The largest absolute Gasteiger partial charge is 0.494 e. The lowest BCUT2D eigenvalue weighted by Gasteiger charge is -2.05. The van der Waals surface area contributed by atoms with E-state index in [9.17, 15) is 0 Å². The molecule has 0 aliphatic carbocycles. The van der Waals surface area contributed by atoms with Crippen molar-refractivity contribution in [2.75, 3.05) is 6.61 Å². The fraction of sp³-hybridized carbons (Fsp3) is 0.429. The highest BCUT2D eigenvalue weighted by Gasteiger charge is 2.07. The van der Waals surface area contributed by atoms with Gasteiger partial charge in [-0.05, 0) is 30.7 Å². The molecule has 5 heteroatoms. The van der Waals surface area contributed by atoms with E-state index >= 15 is 0 Å². The van der Waals surface area contributed by atoms with Crippen molar-refractivity contribution in [3.63, 3.8) is 0 Å². The Morgan fingerprint density at radius 3 is 2.58 bits per heavy atom. The third-order valence-electron chi connectivity index (χ3n) is 2.91. The Kier molecular flexibility index (Phi) is 4.52. The first kappa shape index (κ1) is 13.5. The van der Waals surface area contributed by atoms with E-state index in [1.54, 1.807) is 4.68 Å². The van der Waals surface area contributed by atoms with E-state index in [2.05, 4.69) is 17.0 Å². The zero-order valence-corrected chi connectivity index (χ0v) is 11.5. The van der Waals surface area contributed by atoms with Gasteiger partial charge in [-0.2, -0.15) is 5.10 Å². The minimum absolute atomic E-state index is 0.391. The van der Waals surface area contributed by atoms with E-state index in [0.717, 1.165) is 36.6 Å². The van der Waals surface area contributed by atoms with Gasteiger partial charge in [0.05, 0.1) is 13.2 Å². The number of nitrogens with zero attached hydrogens (tertiary/aromatic N) is 3. The first-order valence-electron chi connectivity index (χ1n) is 6.57. The molecule has 102 valence electrons. The highest BCUT2D eigenvalue weighted by molar-refractivity contribution is 5.55. The summed E-state index contributed by atoms with van der Waals surface area (Å²) in [6.45, 7) is 3.30. The lowest BCUT2D eigenvalue weighted by atomic mass is 10.2. The average Bonchev–Trinajstić information content (AvgIpc) is 2.81. The molecule has 1 aromatic carbocycles. The number of nitrogens with two attached hydrogens (primary N) is 1. The Labute approximate surface area is 113 Å². The summed E-state index contributed by atoms with van der Waals surface area (Å²) in [5.74, 6) is 2.36. The Bertz CT molecular complexity index is 519. The SMILES string of the molecule is CCCCOc1ccc(-c2nc(CN)n(C)n2)cc1. The predicted molar refractivity (Wildman–Crippen MR) is 74.7 cm³/mol. The number of hydrogen-bond donors (Lipinski definition) is 1. The van der Waals surface area contributed by atoms with Crippen molar-refractivity contribution in [1.82, 2.24) is 14.8 Å². The average molecular weight is 260 g/mol. The summed E-state index contributed by atoms with van der Waals surface area (Å²) in [6.07, 6.45) is 2.21. The number of aromatic nitrogens is 3. The molecule has 2 N–H and O–H groups in total. The van der Waals surface area contributed by atoms with E-state index in [-0.39, 0.29) is 0 Å². The highest BCUT2D eigenvalue weighted by Crippen LogP contribution is 2.20. The van der Waals surface area contributed by atoms with Crippen LogP contribution in [0.1, 0.15) is 25.6 Å². The van der Waals surface area contributed by atoms with Crippen LogP contribution in [-0.4, -0.2) is 21.4 Å². The van der Waals surface area contributed by atoms with E-state index in [4.69, 9.17) is 10.5 Å². The molecule has 2 aromatic rings. The number of ether oxygens (including phenoxy) is 1. The minimum Gasteiger partial charge on any atom is -0.494 e. The molecule has 0 amide bonds. The van der Waals surface area contributed by atoms with Crippen LogP contribution >= 0.6 is 0 Å². The van der Waals surface area contributed by atoms with Gasteiger partial charge >= 0.3 is 0 Å². The molecule has 0 unspecified atom stereocenters. The molecular weight excluding hydrogens is 240 g/mol. The minimum atomic E-state index is 0.391. The van der Waals surface area contributed by atoms with Crippen LogP contribution < -0.4 is 10.5 Å². The summed E-state index contributed by atoms with van der Waals surface area (Å²) >= 11 is 0. The van der Waals surface area contributed by atoms with E-state index in [1.165, 1.54) is 0 Å². The van der Waals surface area contributed by atoms with Gasteiger partial charge in [-0.25, -0.2) is 4.98 Å². The van der Waals surface area contributed by atoms with E-state index < -0.39 is 0 Å². The number of rotatable bonds is 6. The molecule has 0 aliphatic rings. The summed E-state index contributed by atoms with van der Waals surface area (Å²) in [5.41, 5.74) is 6.56.